The smallest absolute Gasteiger partial charge is 0.311 e. The van der Waals surface area contributed by atoms with Crippen molar-refractivity contribution in [2.45, 2.75) is 19.8 Å². The van der Waals surface area contributed by atoms with E-state index in [0.717, 1.165) is 0 Å². The Balaban J connectivity index is 2.09. The maximum Gasteiger partial charge on any atom is 0.311 e. The molecular weight excluding hydrogens is 285 g/mol. The van der Waals surface area contributed by atoms with Crippen molar-refractivity contribution in [1.29, 1.82) is 0 Å². The van der Waals surface area contributed by atoms with Gasteiger partial charge in [-0.1, -0.05) is 17.7 Å². The minimum atomic E-state index is -0.922. The van der Waals surface area contributed by atoms with Gasteiger partial charge in [0.25, 0.3) is 0 Å². The van der Waals surface area contributed by atoms with E-state index in [0.29, 0.717) is 13.0 Å². The molecule has 108 valence electrons. The molecule has 1 heterocycles. The van der Waals surface area contributed by atoms with E-state index >= 15 is 0 Å². The van der Waals surface area contributed by atoms with Crippen LogP contribution in [0.2, 0.25) is 5.02 Å². The zero-order valence-corrected chi connectivity index (χ0v) is 11.8. The summed E-state index contributed by atoms with van der Waals surface area (Å²) in [5.74, 6) is -1.75. The zero-order valence-electron chi connectivity index (χ0n) is 11.0. The summed E-state index contributed by atoms with van der Waals surface area (Å²) >= 11 is 5.88. The second-order valence-corrected chi connectivity index (χ2v) is 5.72. The van der Waals surface area contributed by atoms with Crippen LogP contribution in [0.3, 0.4) is 0 Å². The first-order chi connectivity index (χ1) is 9.33. The predicted molar refractivity (Wildman–Crippen MR) is 72.1 cm³/mol. The molecule has 1 saturated heterocycles. The first kappa shape index (κ1) is 14.8. The van der Waals surface area contributed by atoms with Crippen LogP contribution in [-0.4, -0.2) is 35.0 Å². The van der Waals surface area contributed by atoms with E-state index in [4.69, 9.17) is 16.7 Å². The highest BCUT2D eigenvalue weighted by Crippen LogP contribution is 2.31. The van der Waals surface area contributed by atoms with Crippen molar-refractivity contribution in [3.05, 3.63) is 34.6 Å². The highest BCUT2D eigenvalue weighted by atomic mass is 35.5. The third-order valence-corrected chi connectivity index (χ3v) is 4.09. The molecule has 1 aromatic rings. The SMILES string of the molecule is C[C@]1(C(=O)O)CCN(C(=O)Cc2c(F)cccc2Cl)C1. The molecule has 6 heteroatoms. The van der Waals surface area contributed by atoms with E-state index < -0.39 is 17.2 Å². The predicted octanol–water partition coefficient (Wildman–Crippen LogP) is 2.34. The normalized spacial score (nSPS) is 22.1. The number of aliphatic carboxylic acids is 1. The van der Waals surface area contributed by atoms with Gasteiger partial charge in [-0.05, 0) is 25.5 Å². The Morgan fingerprint density at radius 2 is 2.20 bits per heavy atom. The lowest BCUT2D eigenvalue weighted by atomic mass is 9.90. The zero-order chi connectivity index (χ0) is 14.9. The van der Waals surface area contributed by atoms with Crippen molar-refractivity contribution in [3.8, 4) is 0 Å². The number of nitrogens with zero attached hydrogens (tertiary/aromatic N) is 1. The number of hydrogen-bond acceptors (Lipinski definition) is 2. The molecular formula is C14H15ClFNO3. The number of benzene rings is 1. The number of likely N-dealkylation sites (tertiary alicyclic amines) is 1. The van der Waals surface area contributed by atoms with Crippen molar-refractivity contribution in [2.24, 2.45) is 5.41 Å². The topological polar surface area (TPSA) is 57.6 Å². The van der Waals surface area contributed by atoms with Gasteiger partial charge in [0.1, 0.15) is 5.82 Å². The molecule has 1 aliphatic rings. The van der Waals surface area contributed by atoms with Crippen LogP contribution in [-0.2, 0) is 16.0 Å². The molecule has 1 aliphatic heterocycles. The van der Waals surface area contributed by atoms with Gasteiger partial charge in [-0.25, -0.2) is 4.39 Å². The summed E-state index contributed by atoms with van der Waals surface area (Å²) < 4.78 is 13.6. The average molecular weight is 300 g/mol. The Hall–Kier alpha value is -1.62. The molecule has 20 heavy (non-hydrogen) atoms. The van der Waals surface area contributed by atoms with Gasteiger partial charge < -0.3 is 10.0 Å². The van der Waals surface area contributed by atoms with E-state index in [1.165, 1.54) is 23.1 Å². The number of rotatable bonds is 3. The molecule has 0 unspecified atom stereocenters. The molecule has 1 amide bonds. The third kappa shape index (κ3) is 2.77. The molecule has 0 spiro atoms. The number of amides is 1. The summed E-state index contributed by atoms with van der Waals surface area (Å²) in [4.78, 5) is 24.7. The average Bonchev–Trinajstić information content (AvgIpc) is 2.78. The van der Waals surface area contributed by atoms with E-state index in [1.807, 2.05) is 0 Å². The van der Waals surface area contributed by atoms with Crippen LogP contribution in [0.25, 0.3) is 0 Å². The molecule has 0 radical (unpaired) electrons. The largest absolute Gasteiger partial charge is 0.481 e. The van der Waals surface area contributed by atoms with Crippen LogP contribution >= 0.6 is 11.6 Å². The summed E-state index contributed by atoms with van der Waals surface area (Å²) in [7, 11) is 0. The number of carboxylic acid groups (broad SMARTS) is 1. The van der Waals surface area contributed by atoms with E-state index in [2.05, 4.69) is 0 Å². The second kappa shape index (κ2) is 5.40. The number of carbonyl (C=O) groups excluding carboxylic acids is 1. The third-order valence-electron chi connectivity index (χ3n) is 3.73. The minimum absolute atomic E-state index is 0.146. The molecule has 0 aliphatic carbocycles. The monoisotopic (exact) mass is 299 g/mol. The molecule has 4 nitrogen and oxygen atoms in total. The van der Waals surface area contributed by atoms with Crippen LogP contribution in [0, 0.1) is 11.2 Å². The fourth-order valence-corrected chi connectivity index (χ4v) is 2.54. The summed E-state index contributed by atoms with van der Waals surface area (Å²) in [5.41, 5.74) is -0.766. The Morgan fingerprint density at radius 1 is 1.50 bits per heavy atom. The highest BCUT2D eigenvalue weighted by molar-refractivity contribution is 6.31. The van der Waals surface area contributed by atoms with Crippen molar-refractivity contribution < 1.29 is 19.1 Å². The van der Waals surface area contributed by atoms with Crippen LogP contribution in [0.5, 0.6) is 0 Å². The lowest BCUT2D eigenvalue weighted by molar-refractivity contribution is -0.147. The summed E-state index contributed by atoms with van der Waals surface area (Å²) in [6.07, 6.45) is 0.250. The number of hydrogen-bond donors (Lipinski definition) is 1. The standard InChI is InChI=1S/C14H15ClFNO3/c1-14(13(19)20)5-6-17(8-14)12(18)7-9-10(15)3-2-4-11(9)16/h2-4H,5-8H2,1H3,(H,19,20)/t14-/m0/s1. The van der Waals surface area contributed by atoms with Crippen LogP contribution in [0.1, 0.15) is 18.9 Å². The summed E-state index contributed by atoms with van der Waals surface area (Å²) in [6.45, 7) is 2.12. The van der Waals surface area contributed by atoms with Gasteiger partial charge in [0, 0.05) is 23.7 Å². The Bertz CT molecular complexity index is 543. The van der Waals surface area contributed by atoms with Crippen molar-refractivity contribution in [1.82, 2.24) is 4.90 Å². The van der Waals surface area contributed by atoms with E-state index in [1.54, 1.807) is 6.92 Å². The number of carboxylic acids is 1. The van der Waals surface area contributed by atoms with Gasteiger partial charge in [-0.3, -0.25) is 9.59 Å². The highest BCUT2D eigenvalue weighted by Gasteiger charge is 2.42. The maximum absolute atomic E-state index is 13.6. The first-order valence-electron chi connectivity index (χ1n) is 6.27. The Morgan fingerprint density at radius 3 is 2.75 bits per heavy atom. The Labute approximate surface area is 121 Å². The fourth-order valence-electron chi connectivity index (χ4n) is 2.31. The van der Waals surface area contributed by atoms with Gasteiger partial charge in [-0.2, -0.15) is 0 Å². The molecule has 1 N–H and O–H groups in total. The van der Waals surface area contributed by atoms with Gasteiger partial charge in [0.2, 0.25) is 5.91 Å². The minimum Gasteiger partial charge on any atom is -0.481 e. The number of carbonyl (C=O) groups is 2. The number of halogens is 2. The van der Waals surface area contributed by atoms with E-state index in [9.17, 15) is 14.0 Å². The molecule has 2 rings (SSSR count). The van der Waals surface area contributed by atoms with E-state index in [-0.39, 0.29) is 29.5 Å². The van der Waals surface area contributed by atoms with Gasteiger partial charge in [0.15, 0.2) is 0 Å². The van der Waals surface area contributed by atoms with Crippen molar-refractivity contribution in [3.63, 3.8) is 0 Å². The summed E-state index contributed by atoms with van der Waals surface area (Å²) in [5, 5.41) is 9.34. The van der Waals surface area contributed by atoms with Crippen molar-refractivity contribution >= 4 is 23.5 Å². The molecule has 1 aromatic carbocycles. The molecule has 0 aromatic heterocycles. The molecule has 0 saturated carbocycles. The van der Waals surface area contributed by atoms with Crippen LogP contribution in [0.15, 0.2) is 18.2 Å². The van der Waals surface area contributed by atoms with Gasteiger partial charge >= 0.3 is 5.97 Å². The van der Waals surface area contributed by atoms with Gasteiger partial charge in [0.05, 0.1) is 11.8 Å². The lowest BCUT2D eigenvalue weighted by Gasteiger charge is -2.20. The lowest BCUT2D eigenvalue weighted by Crippen LogP contribution is -2.35. The van der Waals surface area contributed by atoms with Crippen LogP contribution in [0.4, 0.5) is 4.39 Å². The Kier molecular flexibility index (Phi) is 3.99. The summed E-state index contributed by atoms with van der Waals surface area (Å²) in [6, 6.07) is 4.25. The fraction of sp³-hybridized carbons (Fsp3) is 0.429. The molecule has 1 atom stereocenters. The van der Waals surface area contributed by atoms with Crippen LogP contribution < -0.4 is 0 Å². The quantitative estimate of drug-likeness (QED) is 0.932. The van der Waals surface area contributed by atoms with Crippen molar-refractivity contribution in [2.75, 3.05) is 13.1 Å². The first-order valence-corrected chi connectivity index (χ1v) is 6.65. The maximum atomic E-state index is 13.6. The molecule has 1 fully saturated rings. The second-order valence-electron chi connectivity index (χ2n) is 5.31. The van der Waals surface area contributed by atoms with Gasteiger partial charge in [-0.15, -0.1) is 0 Å². The molecule has 0 bridgehead atoms.